The Labute approximate surface area is 87.3 Å². The van der Waals surface area contributed by atoms with Crippen molar-refractivity contribution in [3.63, 3.8) is 0 Å². The van der Waals surface area contributed by atoms with Crippen LogP contribution in [0.4, 0.5) is 5.69 Å². The second-order valence-electron chi connectivity index (χ2n) is 3.17. The molecule has 0 aromatic heterocycles. The molecule has 0 amide bonds. The Hall–Kier alpha value is -1.19. The summed E-state index contributed by atoms with van der Waals surface area (Å²) in [6.45, 7) is 1.76. The van der Waals surface area contributed by atoms with Gasteiger partial charge in [0, 0.05) is 12.2 Å². The highest BCUT2D eigenvalue weighted by atomic mass is 31.2. The Morgan fingerprint density at radius 1 is 1.47 bits per heavy atom. The van der Waals surface area contributed by atoms with E-state index in [2.05, 4.69) is 0 Å². The molecule has 0 spiro atoms. The fourth-order valence-electron chi connectivity index (χ4n) is 1.34. The van der Waals surface area contributed by atoms with Crippen molar-refractivity contribution in [1.29, 1.82) is 0 Å². The molecule has 0 saturated carbocycles. The zero-order valence-corrected chi connectivity index (χ0v) is 9.18. The second-order valence-corrected chi connectivity index (χ2v) is 5.50. The van der Waals surface area contributed by atoms with Gasteiger partial charge in [-0.1, -0.05) is 19.1 Å². The number of nitro groups is 1. The van der Waals surface area contributed by atoms with Gasteiger partial charge in [0.25, 0.3) is 5.69 Å². The predicted octanol–water partition coefficient (Wildman–Crippen LogP) is 1.90. The Morgan fingerprint density at radius 3 is 2.60 bits per heavy atom. The van der Waals surface area contributed by atoms with Gasteiger partial charge in [0.15, 0.2) is 0 Å². The number of hydrogen-bond acceptors (Lipinski definition) is 3. The highest BCUT2D eigenvalue weighted by Crippen LogP contribution is 2.42. The maximum Gasteiger partial charge on any atom is 0.282 e. The number of nitrogens with zero attached hydrogens (tertiary/aromatic N) is 1. The van der Waals surface area contributed by atoms with Crippen LogP contribution in [-0.4, -0.2) is 16.0 Å². The van der Waals surface area contributed by atoms with Crippen LogP contribution in [0.5, 0.6) is 0 Å². The van der Waals surface area contributed by atoms with Gasteiger partial charge in [-0.25, -0.2) is 0 Å². The number of benzene rings is 1. The van der Waals surface area contributed by atoms with E-state index in [1.807, 2.05) is 0 Å². The second kappa shape index (κ2) is 4.55. The summed E-state index contributed by atoms with van der Waals surface area (Å²) in [6, 6.07) is 5.59. The maximum atomic E-state index is 11.8. The first-order valence-corrected chi connectivity index (χ1v) is 6.39. The molecule has 15 heavy (non-hydrogen) atoms. The summed E-state index contributed by atoms with van der Waals surface area (Å²) in [4.78, 5) is 19.7. The Kier molecular flexibility index (Phi) is 3.61. The smallest absolute Gasteiger partial charge is 0.282 e. The molecular formula is C9H12NO4P. The van der Waals surface area contributed by atoms with Gasteiger partial charge >= 0.3 is 0 Å². The van der Waals surface area contributed by atoms with E-state index in [-0.39, 0.29) is 17.2 Å². The summed E-state index contributed by atoms with van der Waals surface area (Å²) in [7, 11) is -3.58. The first kappa shape index (κ1) is 11.9. The molecule has 0 aliphatic carbocycles. The largest absolute Gasteiger partial charge is 0.341 e. The molecule has 82 valence electrons. The Bertz CT molecular complexity index is 418. The zero-order valence-electron chi connectivity index (χ0n) is 8.29. The molecule has 6 heteroatoms. The van der Waals surface area contributed by atoms with Gasteiger partial charge < -0.3 is 4.89 Å². The van der Waals surface area contributed by atoms with Crippen molar-refractivity contribution >= 4 is 18.4 Å². The molecule has 1 unspecified atom stereocenters. The summed E-state index contributed by atoms with van der Waals surface area (Å²) in [6.07, 6.45) is 0.581. The number of para-hydroxylation sites is 1. The Balaban J connectivity index is 3.24. The third kappa shape index (κ3) is 2.64. The van der Waals surface area contributed by atoms with Crippen LogP contribution in [0.25, 0.3) is 0 Å². The summed E-state index contributed by atoms with van der Waals surface area (Å²) < 4.78 is 11.8. The molecule has 1 aromatic carbocycles. The summed E-state index contributed by atoms with van der Waals surface area (Å²) in [5, 5.41) is 10.6. The van der Waals surface area contributed by atoms with E-state index in [0.717, 1.165) is 0 Å². The molecule has 1 N–H and O–H groups in total. The van der Waals surface area contributed by atoms with Crippen LogP contribution < -0.4 is 5.30 Å². The van der Waals surface area contributed by atoms with Crippen molar-refractivity contribution < 1.29 is 14.4 Å². The van der Waals surface area contributed by atoms with E-state index in [0.29, 0.717) is 6.42 Å². The summed E-state index contributed by atoms with van der Waals surface area (Å²) in [5.41, 5.74) is -0.281. The van der Waals surface area contributed by atoms with E-state index in [9.17, 15) is 19.6 Å². The lowest BCUT2D eigenvalue weighted by Gasteiger charge is -2.10. The standard InChI is InChI=1S/C9H12NO4P/c1-2-7-15(13,14)9-6-4-3-5-8(9)10(11)12/h3-6H,2,7H2,1H3,(H,13,14). The van der Waals surface area contributed by atoms with E-state index >= 15 is 0 Å². The van der Waals surface area contributed by atoms with Gasteiger partial charge in [-0.05, 0) is 12.5 Å². The van der Waals surface area contributed by atoms with Gasteiger partial charge in [0.1, 0.15) is 5.30 Å². The molecule has 0 aliphatic heterocycles. The minimum Gasteiger partial charge on any atom is -0.341 e. The SMILES string of the molecule is CCCP(=O)(O)c1ccccc1[N+](=O)[O-]. The Morgan fingerprint density at radius 2 is 2.07 bits per heavy atom. The van der Waals surface area contributed by atoms with Crippen molar-refractivity contribution in [2.24, 2.45) is 0 Å². The van der Waals surface area contributed by atoms with Gasteiger partial charge in [-0.3, -0.25) is 14.7 Å². The molecular weight excluding hydrogens is 217 g/mol. The third-order valence-corrected chi connectivity index (χ3v) is 4.17. The average molecular weight is 229 g/mol. The van der Waals surface area contributed by atoms with Crippen molar-refractivity contribution in [2.45, 2.75) is 13.3 Å². The van der Waals surface area contributed by atoms with Crippen LogP contribution in [0.15, 0.2) is 24.3 Å². The topological polar surface area (TPSA) is 80.4 Å². The number of hydrogen-bond donors (Lipinski definition) is 1. The molecule has 0 heterocycles. The van der Waals surface area contributed by atoms with Gasteiger partial charge in [-0.15, -0.1) is 0 Å². The van der Waals surface area contributed by atoms with E-state index < -0.39 is 12.3 Å². The van der Waals surface area contributed by atoms with Crippen LogP contribution in [0, 0.1) is 10.1 Å². The average Bonchev–Trinajstić information content (AvgIpc) is 2.17. The number of nitro benzene ring substituents is 1. The number of rotatable bonds is 4. The van der Waals surface area contributed by atoms with Crippen LogP contribution >= 0.6 is 7.37 Å². The van der Waals surface area contributed by atoms with Gasteiger partial charge in [-0.2, -0.15) is 0 Å². The van der Waals surface area contributed by atoms with Crippen LogP contribution in [0.2, 0.25) is 0 Å². The molecule has 1 aromatic rings. The fraction of sp³-hybridized carbons (Fsp3) is 0.333. The molecule has 0 bridgehead atoms. The normalized spacial score (nSPS) is 14.5. The molecule has 0 fully saturated rings. The molecule has 5 nitrogen and oxygen atoms in total. The lowest BCUT2D eigenvalue weighted by molar-refractivity contribution is -0.383. The third-order valence-electron chi connectivity index (χ3n) is 1.98. The van der Waals surface area contributed by atoms with E-state index in [1.54, 1.807) is 6.92 Å². The quantitative estimate of drug-likeness (QED) is 0.485. The lowest BCUT2D eigenvalue weighted by atomic mass is 10.3. The fourth-order valence-corrected chi connectivity index (χ4v) is 3.02. The van der Waals surface area contributed by atoms with Gasteiger partial charge in [0.2, 0.25) is 7.37 Å². The van der Waals surface area contributed by atoms with E-state index in [1.165, 1.54) is 24.3 Å². The predicted molar refractivity (Wildman–Crippen MR) is 57.7 cm³/mol. The molecule has 1 atom stereocenters. The summed E-state index contributed by atoms with van der Waals surface area (Å²) in [5.74, 6) is 0. The van der Waals surface area contributed by atoms with Gasteiger partial charge in [0.05, 0.1) is 4.92 Å². The highest BCUT2D eigenvalue weighted by Gasteiger charge is 2.28. The molecule has 0 radical (unpaired) electrons. The van der Waals surface area contributed by atoms with Crippen LogP contribution in [0.3, 0.4) is 0 Å². The van der Waals surface area contributed by atoms with Crippen LogP contribution in [0.1, 0.15) is 13.3 Å². The minimum absolute atomic E-state index is 0.0585. The molecule has 0 saturated heterocycles. The monoisotopic (exact) mass is 229 g/mol. The van der Waals surface area contributed by atoms with Crippen molar-refractivity contribution in [3.05, 3.63) is 34.4 Å². The summed E-state index contributed by atoms with van der Waals surface area (Å²) >= 11 is 0. The molecule has 1 rings (SSSR count). The van der Waals surface area contributed by atoms with Crippen molar-refractivity contribution in [1.82, 2.24) is 0 Å². The highest BCUT2D eigenvalue weighted by molar-refractivity contribution is 7.66. The molecule has 0 aliphatic rings. The minimum atomic E-state index is -3.58. The first-order valence-electron chi connectivity index (χ1n) is 4.55. The van der Waals surface area contributed by atoms with Crippen LogP contribution in [-0.2, 0) is 4.57 Å². The lowest BCUT2D eigenvalue weighted by Crippen LogP contribution is -2.12. The van der Waals surface area contributed by atoms with Crippen molar-refractivity contribution in [3.8, 4) is 0 Å². The zero-order chi connectivity index (χ0) is 11.5. The first-order chi connectivity index (χ1) is 6.99. The maximum absolute atomic E-state index is 11.8. The van der Waals surface area contributed by atoms with E-state index in [4.69, 9.17) is 0 Å². The van der Waals surface area contributed by atoms with Crippen molar-refractivity contribution in [2.75, 3.05) is 6.16 Å².